The molecular formula is C7H16ClNO. The zero-order valence-electron chi connectivity index (χ0n) is 6.38. The molecule has 0 spiro atoms. The van der Waals surface area contributed by atoms with E-state index in [9.17, 15) is 0 Å². The maximum absolute atomic E-state index is 5.72. The van der Waals surface area contributed by atoms with Gasteiger partial charge in [-0.3, -0.25) is 0 Å². The molecule has 1 heterocycles. The van der Waals surface area contributed by atoms with Crippen LogP contribution in [0.3, 0.4) is 0 Å². The number of ether oxygens (including phenoxy) is 1. The van der Waals surface area contributed by atoms with Crippen molar-refractivity contribution in [3.05, 3.63) is 0 Å². The van der Waals surface area contributed by atoms with Crippen LogP contribution in [-0.2, 0) is 4.74 Å². The lowest BCUT2D eigenvalue weighted by molar-refractivity contribution is 0.00622. The van der Waals surface area contributed by atoms with Crippen LogP contribution in [0.5, 0.6) is 0 Å². The second-order valence-electron chi connectivity index (χ2n) is 2.69. The lowest BCUT2D eigenvalue weighted by Crippen LogP contribution is -2.34. The minimum atomic E-state index is 0. The first-order valence-corrected chi connectivity index (χ1v) is 3.70. The summed E-state index contributed by atoms with van der Waals surface area (Å²) in [7, 11) is 0. The van der Waals surface area contributed by atoms with Gasteiger partial charge in [0.2, 0.25) is 0 Å². The van der Waals surface area contributed by atoms with Crippen LogP contribution in [0.25, 0.3) is 0 Å². The number of nitrogens with two attached hydrogens (primary N) is 1. The van der Waals surface area contributed by atoms with Gasteiger partial charge in [0.1, 0.15) is 0 Å². The molecule has 2 atom stereocenters. The Morgan fingerprint density at radius 1 is 1.60 bits per heavy atom. The first-order chi connectivity index (χ1) is 4.33. The molecule has 3 heteroatoms. The zero-order chi connectivity index (χ0) is 6.69. The predicted octanol–water partition coefficient (Wildman–Crippen LogP) is 1.32. The van der Waals surface area contributed by atoms with Gasteiger partial charge in [0.15, 0.2) is 0 Å². The van der Waals surface area contributed by atoms with E-state index < -0.39 is 0 Å². The van der Waals surface area contributed by atoms with Crippen LogP contribution in [0.15, 0.2) is 0 Å². The molecule has 0 saturated carbocycles. The van der Waals surface area contributed by atoms with Crippen molar-refractivity contribution in [1.29, 1.82) is 0 Å². The quantitative estimate of drug-likeness (QED) is 0.636. The third kappa shape index (κ3) is 2.86. The van der Waals surface area contributed by atoms with Crippen LogP contribution in [0.4, 0.5) is 0 Å². The van der Waals surface area contributed by atoms with E-state index in [2.05, 4.69) is 6.92 Å². The molecule has 1 fully saturated rings. The predicted molar refractivity (Wildman–Crippen MR) is 44.5 cm³/mol. The smallest absolute Gasteiger partial charge is 0.0587 e. The minimum absolute atomic E-state index is 0. The second kappa shape index (κ2) is 4.94. The van der Waals surface area contributed by atoms with Gasteiger partial charge in [0.25, 0.3) is 0 Å². The third-order valence-corrected chi connectivity index (χ3v) is 1.86. The van der Waals surface area contributed by atoms with Crippen molar-refractivity contribution >= 4 is 12.4 Å². The summed E-state index contributed by atoms with van der Waals surface area (Å²) in [5, 5.41) is 0. The summed E-state index contributed by atoms with van der Waals surface area (Å²) in [5.74, 6) is 0. The molecule has 0 bridgehead atoms. The molecular weight excluding hydrogens is 150 g/mol. The second-order valence-corrected chi connectivity index (χ2v) is 2.69. The van der Waals surface area contributed by atoms with Crippen molar-refractivity contribution in [2.24, 2.45) is 5.73 Å². The zero-order valence-corrected chi connectivity index (χ0v) is 7.19. The average molecular weight is 166 g/mol. The Kier molecular flexibility index (Phi) is 5.04. The van der Waals surface area contributed by atoms with E-state index in [1.54, 1.807) is 0 Å². The molecule has 0 aromatic carbocycles. The number of rotatable bonds is 1. The minimum Gasteiger partial charge on any atom is -0.378 e. The van der Waals surface area contributed by atoms with Gasteiger partial charge in [-0.2, -0.15) is 0 Å². The van der Waals surface area contributed by atoms with Gasteiger partial charge < -0.3 is 10.5 Å². The Morgan fingerprint density at radius 2 is 2.30 bits per heavy atom. The Labute approximate surface area is 68.5 Å². The van der Waals surface area contributed by atoms with Crippen LogP contribution < -0.4 is 5.73 Å². The maximum atomic E-state index is 5.72. The summed E-state index contributed by atoms with van der Waals surface area (Å²) >= 11 is 0. The normalized spacial score (nSPS) is 33.0. The van der Waals surface area contributed by atoms with Crippen LogP contribution in [-0.4, -0.2) is 18.8 Å². The van der Waals surface area contributed by atoms with Gasteiger partial charge in [-0.15, -0.1) is 12.4 Å². The summed E-state index contributed by atoms with van der Waals surface area (Å²) in [6, 6.07) is 0.392. The topological polar surface area (TPSA) is 35.2 Å². The molecule has 1 rings (SSSR count). The molecule has 1 aliphatic rings. The standard InChI is InChI=1S/C7H15NO.ClH/c1-2-7-5-6(8)3-4-9-7;/h6-7H,2-5,8H2,1H3;1H/t6-,7-;/m1./s1. The monoisotopic (exact) mass is 165 g/mol. The molecule has 10 heavy (non-hydrogen) atoms. The molecule has 0 unspecified atom stereocenters. The largest absolute Gasteiger partial charge is 0.378 e. The van der Waals surface area contributed by atoms with Crippen molar-refractivity contribution in [3.63, 3.8) is 0 Å². The van der Waals surface area contributed by atoms with Gasteiger partial charge in [0, 0.05) is 12.6 Å². The summed E-state index contributed by atoms with van der Waals surface area (Å²) in [4.78, 5) is 0. The molecule has 0 aromatic rings. The molecule has 62 valence electrons. The molecule has 0 aliphatic carbocycles. The molecule has 2 nitrogen and oxygen atoms in total. The van der Waals surface area contributed by atoms with Crippen LogP contribution in [0, 0.1) is 0 Å². The van der Waals surface area contributed by atoms with E-state index in [-0.39, 0.29) is 12.4 Å². The molecule has 1 aliphatic heterocycles. The highest BCUT2D eigenvalue weighted by atomic mass is 35.5. The molecule has 1 saturated heterocycles. The first-order valence-electron chi connectivity index (χ1n) is 3.70. The molecule has 2 N–H and O–H groups in total. The molecule has 0 amide bonds. The van der Waals surface area contributed by atoms with Gasteiger partial charge in [0.05, 0.1) is 6.10 Å². The summed E-state index contributed by atoms with van der Waals surface area (Å²) in [6.45, 7) is 3.00. The van der Waals surface area contributed by atoms with E-state index in [0.29, 0.717) is 12.1 Å². The lowest BCUT2D eigenvalue weighted by Gasteiger charge is -2.25. The van der Waals surface area contributed by atoms with Crippen molar-refractivity contribution in [2.75, 3.05) is 6.61 Å². The van der Waals surface area contributed by atoms with E-state index in [0.717, 1.165) is 25.9 Å². The highest BCUT2D eigenvalue weighted by molar-refractivity contribution is 5.85. The summed E-state index contributed by atoms with van der Waals surface area (Å²) < 4.78 is 5.42. The number of halogens is 1. The fourth-order valence-corrected chi connectivity index (χ4v) is 1.19. The van der Waals surface area contributed by atoms with Gasteiger partial charge in [-0.1, -0.05) is 6.92 Å². The fraction of sp³-hybridized carbons (Fsp3) is 1.00. The Bertz CT molecular complexity index is 89.7. The Balaban J connectivity index is 0.000000810. The Morgan fingerprint density at radius 3 is 2.70 bits per heavy atom. The lowest BCUT2D eigenvalue weighted by atomic mass is 10.0. The first kappa shape index (κ1) is 10.2. The highest BCUT2D eigenvalue weighted by Crippen LogP contribution is 2.13. The average Bonchev–Trinajstić information content (AvgIpc) is 1.88. The van der Waals surface area contributed by atoms with Crippen molar-refractivity contribution < 1.29 is 4.74 Å². The number of hydrogen-bond donors (Lipinski definition) is 1. The van der Waals surface area contributed by atoms with E-state index in [4.69, 9.17) is 10.5 Å². The number of hydrogen-bond acceptors (Lipinski definition) is 2. The third-order valence-electron chi connectivity index (χ3n) is 1.86. The van der Waals surface area contributed by atoms with Crippen molar-refractivity contribution in [3.8, 4) is 0 Å². The summed E-state index contributed by atoms with van der Waals surface area (Å²) in [5.41, 5.74) is 5.72. The van der Waals surface area contributed by atoms with Gasteiger partial charge in [-0.05, 0) is 19.3 Å². The highest BCUT2D eigenvalue weighted by Gasteiger charge is 2.17. The van der Waals surface area contributed by atoms with E-state index in [1.165, 1.54) is 0 Å². The maximum Gasteiger partial charge on any atom is 0.0587 e. The summed E-state index contributed by atoms with van der Waals surface area (Å²) in [6.07, 6.45) is 3.63. The fourth-order valence-electron chi connectivity index (χ4n) is 1.19. The van der Waals surface area contributed by atoms with E-state index >= 15 is 0 Å². The van der Waals surface area contributed by atoms with Crippen LogP contribution in [0.1, 0.15) is 26.2 Å². The Hall–Kier alpha value is 0.210. The van der Waals surface area contributed by atoms with Crippen LogP contribution in [0.2, 0.25) is 0 Å². The van der Waals surface area contributed by atoms with Crippen molar-refractivity contribution in [1.82, 2.24) is 0 Å². The van der Waals surface area contributed by atoms with Gasteiger partial charge >= 0.3 is 0 Å². The molecule has 0 radical (unpaired) electrons. The van der Waals surface area contributed by atoms with Gasteiger partial charge in [-0.25, -0.2) is 0 Å². The van der Waals surface area contributed by atoms with E-state index in [1.807, 2.05) is 0 Å². The SMILES string of the molecule is CC[C@@H]1C[C@H](N)CCO1.Cl. The van der Waals surface area contributed by atoms with Crippen molar-refractivity contribution in [2.45, 2.75) is 38.3 Å². The molecule has 0 aromatic heterocycles. The van der Waals surface area contributed by atoms with Crippen LogP contribution >= 0.6 is 12.4 Å².